The predicted octanol–water partition coefficient (Wildman–Crippen LogP) is 3.16. The minimum Gasteiger partial charge on any atom is -0.355 e. The fraction of sp³-hybridized carbons (Fsp3) is 0.462. The molecule has 0 aliphatic rings. The Labute approximate surface area is 112 Å². The second-order valence-electron chi connectivity index (χ2n) is 4.43. The third-order valence-electron chi connectivity index (χ3n) is 2.35. The lowest BCUT2D eigenvalue weighted by Crippen LogP contribution is -2.39. The van der Waals surface area contributed by atoms with E-state index in [1.165, 1.54) is 4.90 Å². The Kier molecular flexibility index (Phi) is 5.86. The zero-order valence-corrected chi connectivity index (χ0v) is 11.8. The first-order chi connectivity index (χ1) is 8.06. The van der Waals surface area contributed by atoms with Crippen LogP contribution in [0.15, 0.2) is 35.2 Å². The summed E-state index contributed by atoms with van der Waals surface area (Å²) in [5.41, 5.74) is -0.487. The first kappa shape index (κ1) is 14.4. The number of nitrogens with one attached hydrogen (secondary N) is 1. The molecule has 0 aliphatic heterocycles. The quantitative estimate of drug-likeness (QED) is 0.489. The number of rotatable bonds is 6. The molecule has 1 aromatic carbocycles. The number of halogens is 1. The Bertz CT molecular complexity index is 354. The van der Waals surface area contributed by atoms with E-state index in [1.54, 1.807) is 11.8 Å². The lowest BCUT2D eigenvalue weighted by molar-refractivity contribution is -0.128. The second kappa shape index (κ2) is 6.92. The fourth-order valence-corrected chi connectivity index (χ4v) is 2.06. The summed E-state index contributed by atoms with van der Waals surface area (Å²) in [4.78, 5) is 12.9. The monoisotopic (exact) mass is 271 g/mol. The molecule has 1 aromatic rings. The highest BCUT2D eigenvalue weighted by Crippen LogP contribution is 2.18. The molecule has 17 heavy (non-hydrogen) atoms. The van der Waals surface area contributed by atoms with Crippen molar-refractivity contribution in [3.63, 3.8) is 0 Å². The van der Waals surface area contributed by atoms with Gasteiger partial charge in [-0.25, -0.2) is 0 Å². The van der Waals surface area contributed by atoms with Gasteiger partial charge in [-0.3, -0.25) is 4.79 Å². The third-order valence-corrected chi connectivity index (χ3v) is 4.03. The largest absolute Gasteiger partial charge is 0.355 e. The van der Waals surface area contributed by atoms with E-state index >= 15 is 0 Å². The molecular weight excluding hydrogens is 254 g/mol. The Morgan fingerprint density at radius 2 is 2.00 bits per heavy atom. The van der Waals surface area contributed by atoms with Crippen molar-refractivity contribution in [2.45, 2.75) is 18.7 Å². The number of benzene rings is 1. The number of carbonyl (C=O) groups excluding carboxylic acids is 1. The maximum absolute atomic E-state index is 11.7. The minimum absolute atomic E-state index is 0.0150. The summed E-state index contributed by atoms with van der Waals surface area (Å²) >= 11 is 7.46. The number of amides is 1. The van der Waals surface area contributed by atoms with Crippen LogP contribution < -0.4 is 5.32 Å². The molecule has 4 heteroatoms. The maximum atomic E-state index is 11.7. The summed E-state index contributed by atoms with van der Waals surface area (Å²) in [5.74, 6) is 1.22. The van der Waals surface area contributed by atoms with Gasteiger partial charge >= 0.3 is 0 Å². The molecule has 1 amide bonds. The first-order valence-electron chi connectivity index (χ1n) is 5.58. The van der Waals surface area contributed by atoms with E-state index in [0.29, 0.717) is 12.4 Å². The molecule has 0 radical (unpaired) electrons. The molecule has 0 spiro atoms. The molecule has 0 saturated carbocycles. The molecule has 0 saturated heterocycles. The molecular formula is C13H18ClNOS. The van der Waals surface area contributed by atoms with Gasteiger partial charge < -0.3 is 5.32 Å². The molecule has 1 rings (SSSR count). The lowest BCUT2D eigenvalue weighted by atomic mass is 9.95. The highest BCUT2D eigenvalue weighted by molar-refractivity contribution is 7.99. The zero-order chi connectivity index (χ0) is 12.7. The summed E-state index contributed by atoms with van der Waals surface area (Å²) in [6, 6.07) is 10.1. The van der Waals surface area contributed by atoms with Gasteiger partial charge in [-0.1, -0.05) is 18.2 Å². The summed E-state index contributed by atoms with van der Waals surface area (Å²) in [7, 11) is 0. The first-order valence-corrected chi connectivity index (χ1v) is 7.10. The fourth-order valence-electron chi connectivity index (χ4n) is 1.15. The van der Waals surface area contributed by atoms with Gasteiger partial charge in [0.25, 0.3) is 0 Å². The van der Waals surface area contributed by atoms with Gasteiger partial charge in [0.2, 0.25) is 5.91 Å². The van der Waals surface area contributed by atoms with Crippen LogP contribution in [0.5, 0.6) is 0 Å². The van der Waals surface area contributed by atoms with Gasteiger partial charge in [-0.05, 0) is 26.0 Å². The van der Waals surface area contributed by atoms with Crippen LogP contribution in [-0.4, -0.2) is 24.1 Å². The van der Waals surface area contributed by atoms with E-state index in [0.717, 1.165) is 5.75 Å². The Morgan fingerprint density at radius 1 is 1.35 bits per heavy atom. The van der Waals surface area contributed by atoms with Crippen LogP contribution in [0.25, 0.3) is 0 Å². The average molecular weight is 272 g/mol. The molecule has 0 fully saturated rings. The van der Waals surface area contributed by atoms with Crippen molar-refractivity contribution < 1.29 is 4.79 Å². The average Bonchev–Trinajstić information content (AvgIpc) is 2.35. The van der Waals surface area contributed by atoms with Crippen LogP contribution in [0, 0.1) is 5.41 Å². The Balaban J connectivity index is 2.23. The SMILES string of the molecule is CC(C)(CCl)C(=O)NCCSc1ccccc1. The summed E-state index contributed by atoms with van der Waals surface area (Å²) in [6.45, 7) is 4.36. The van der Waals surface area contributed by atoms with Crippen LogP contribution in [0.4, 0.5) is 0 Å². The molecule has 0 bridgehead atoms. The van der Waals surface area contributed by atoms with E-state index in [1.807, 2.05) is 32.0 Å². The predicted molar refractivity (Wildman–Crippen MR) is 74.7 cm³/mol. The van der Waals surface area contributed by atoms with Crippen LogP contribution in [0.1, 0.15) is 13.8 Å². The molecule has 0 aliphatic carbocycles. The van der Waals surface area contributed by atoms with Crippen molar-refractivity contribution in [3.8, 4) is 0 Å². The number of hydrogen-bond acceptors (Lipinski definition) is 2. The molecule has 94 valence electrons. The summed E-state index contributed by atoms with van der Waals surface area (Å²) in [6.07, 6.45) is 0. The van der Waals surface area contributed by atoms with Gasteiger partial charge in [0, 0.05) is 23.1 Å². The van der Waals surface area contributed by atoms with E-state index in [2.05, 4.69) is 17.4 Å². The Morgan fingerprint density at radius 3 is 2.59 bits per heavy atom. The molecule has 0 atom stereocenters. The van der Waals surface area contributed by atoms with E-state index in [4.69, 9.17) is 11.6 Å². The third kappa shape index (κ3) is 5.00. The lowest BCUT2D eigenvalue weighted by Gasteiger charge is -2.20. The number of carbonyl (C=O) groups is 1. The number of thioether (sulfide) groups is 1. The Hall–Kier alpha value is -0.670. The van der Waals surface area contributed by atoms with Crippen molar-refractivity contribution in [1.82, 2.24) is 5.32 Å². The van der Waals surface area contributed by atoms with Crippen LogP contribution in [-0.2, 0) is 4.79 Å². The van der Waals surface area contributed by atoms with Crippen molar-refractivity contribution >= 4 is 29.3 Å². The number of hydrogen-bond donors (Lipinski definition) is 1. The highest BCUT2D eigenvalue weighted by atomic mass is 35.5. The molecule has 1 N–H and O–H groups in total. The van der Waals surface area contributed by atoms with E-state index < -0.39 is 5.41 Å². The molecule has 0 unspecified atom stereocenters. The minimum atomic E-state index is -0.487. The van der Waals surface area contributed by atoms with Crippen LogP contribution in [0.3, 0.4) is 0 Å². The standard InChI is InChI=1S/C13H18ClNOS/c1-13(2,10-14)12(16)15-8-9-17-11-6-4-3-5-7-11/h3-7H,8-10H2,1-2H3,(H,15,16). The second-order valence-corrected chi connectivity index (χ2v) is 5.87. The van der Waals surface area contributed by atoms with E-state index in [-0.39, 0.29) is 5.91 Å². The van der Waals surface area contributed by atoms with Crippen molar-refractivity contribution in [1.29, 1.82) is 0 Å². The van der Waals surface area contributed by atoms with Crippen LogP contribution >= 0.6 is 23.4 Å². The summed E-state index contributed by atoms with van der Waals surface area (Å²) in [5, 5.41) is 2.90. The van der Waals surface area contributed by atoms with Gasteiger partial charge in [0.05, 0.1) is 5.41 Å². The smallest absolute Gasteiger partial charge is 0.226 e. The van der Waals surface area contributed by atoms with Gasteiger partial charge in [0.15, 0.2) is 0 Å². The van der Waals surface area contributed by atoms with Crippen molar-refractivity contribution in [3.05, 3.63) is 30.3 Å². The molecule has 0 aromatic heterocycles. The number of alkyl halides is 1. The van der Waals surface area contributed by atoms with Crippen molar-refractivity contribution in [2.75, 3.05) is 18.2 Å². The molecule has 0 heterocycles. The summed E-state index contributed by atoms with van der Waals surface area (Å²) < 4.78 is 0. The zero-order valence-electron chi connectivity index (χ0n) is 10.2. The van der Waals surface area contributed by atoms with Crippen molar-refractivity contribution in [2.24, 2.45) is 5.41 Å². The van der Waals surface area contributed by atoms with E-state index in [9.17, 15) is 4.79 Å². The van der Waals surface area contributed by atoms with Gasteiger partial charge in [-0.15, -0.1) is 23.4 Å². The van der Waals surface area contributed by atoms with Gasteiger partial charge in [-0.2, -0.15) is 0 Å². The normalized spacial score (nSPS) is 11.2. The highest BCUT2D eigenvalue weighted by Gasteiger charge is 2.25. The maximum Gasteiger partial charge on any atom is 0.226 e. The van der Waals surface area contributed by atoms with Crippen LogP contribution in [0.2, 0.25) is 0 Å². The van der Waals surface area contributed by atoms with Gasteiger partial charge in [0.1, 0.15) is 0 Å². The topological polar surface area (TPSA) is 29.1 Å². The molecule has 2 nitrogen and oxygen atoms in total.